The molecule has 18 heavy (non-hydrogen) atoms. The number of anilines is 1. The first-order valence-electron chi connectivity index (χ1n) is 5.47. The monoisotopic (exact) mass is 277 g/mol. The Kier molecular flexibility index (Phi) is 3.82. The molecule has 1 aliphatic heterocycles. The maximum absolute atomic E-state index is 12.6. The lowest BCUT2D eigenvalue weighted by Gasteiger charge is -2.30. The Morgan fingerprint density at radius 1 is 1.17 bits per heavy atom. The molecule has 0 aliphatic carbocycles. The van der Waals surface area contributed by atoms with Gasteiger partial charge in [0.25, 0.3) is 0 Å². The van der Waals surface area contributed by atoms with Gasteiger partial charge in [0.1, 0.15) is 0 Å². The number of ether oxygens (including phenoxy) is 1. The van der Waals surface area contributed by atoms with Crippen LogP contribution < -0.4 is 4.90 Å². The van der Waals surface area contributed by atoms with Gasteiger partial charge in [-0.25, -0.2) is 8.42 Å². The number of para-hydroxylation sites is 1. The van der Waals surface area contributed by atoms with Crippen LogP contribution >= 0.6 is 0 Å². The number of benzene rings is 1. The largest absolute Gasteiger partial charge is 0.378 e. The van der Waals surface area contributed by atoms with Crippen molar-refractivity contribution in [1.29, 1.82) is 0 Å². The molecule has 7 heteroatoms. The van der Waals surface area contributed by atoms with Gasteiger partial charge in [0, 0.05) is 13.1 Å². The number of halogens is 2. The Morgan fingerprint density at radius 2 is 1.78 bits per heavy atom. The molecule has 4 nitrogen and oxygen atoms in total. The molecule has 0 amide bonds. The van der Waals surface area contributed by atoms with Gasteiger partial charge >= 0.3 is 5.76 Å². The SMILES string of the molecule is O=S(=O)(c1ccccc1N1CCOCC1)C(F)F. The highest BCUT2D eigenvalue weighted by Gasteiger charge is 2.30. The molecule has 0 aromatic heterocycles. The Bertz CT molecular complexity index is 513. The molecular weight excluding hydrogens is 264 g/mol. The van der Waals surface area contributed by atoms with E-state index >= 15 is 0 Å². The third kappa shape index (κ3) is 2.46. The van der Waals surface area contributed by atoms with Crippen molar-refractivity contribution in [1.82, 2.24) is 0 Å². The number of sulfone groups is 1. The van der Waals surface area contributed by atoms with Crippen LogP contribution in [-0.4, -0.2) is 40.5 Å². The van der Waals surface area contributed by atoms with Crippen LogP contribution in [-0.2, 0) is 14.6 Å². The van der Waals surface area contributed by atoms with Crippen molar-refractivity contribution in [3.8, 4) is 0 Å². The van der Waals surface area contributed by atoms with E-state index in [1.807, 2.05) is 0 Å². The number of morpholine rings is 1. The number of hydrogen-bond donors (Lipinski definition) is 0. The van der Waals surface area contributed by atoms with Crippen molar-refractivity contribution in [2.24, 2.45) is 0 Å². The van der Waals surface area contributed by atoms with Crippen LogP contribution in [0, 0.1) is 0 Å². The average molecular weight is 277 g/mol. The van der Waals surface area contributed by atoms with Crippen LogP contribution in [0.15, 0.2) is 29.2 Å². The predicted octanol–water partition coefficient (Wildman–Crippen LogP) is 1.52. The molecule has 0 radical (unpaired) electrons. The summed E-state index contributed by atoms with van der Waals surface area (Å²) in [7, 11) is -4.57. The van der Waals surface area contributed by atoms with Gasteiger partial charge < -0.3 is 9.64 Å². The fourth-order valence-electron chi connectivity index (χ4n) is 1.86. The molecule has 1 saturated heterocycles. The maximum Gasteiger partial charge on any atom is 0.341 e. The summed E-state index contributed by atoms with van der Waals surface area (Å²) in [5.74, 6) is -3.40. The van der Waals surface area contributed by atoms with E-state index in [0.29, 0.717) is 32.0 Å². The van der Waals surface area contributed by atoms with E-state index in [9.17, 15) is 17.2 Å². The normalized spacial score (nSPS) is 17.2. The van der Waals surface area contributed by atoms with Gasteiger partial charge in [0.2, 0.25) is 9.84 Å². The van der Waals surface area contributed by atoms with Crippen LogP contribution in [0.25, 0.3) is 0 Å². The first kappa shape index (κ1) is 13.2. The van der Waals surface area contributed by atoms with Gasteiger partial charge in [-0.15, -0.1) is 0 Å². The highest BCUT2D eigenvalue weighted by Crippen LogP contribution is 2.29. The van der Waals surface area contributed by atoms with Crippen molar-refractivity contribution in [3.63, 3.8) is 0 Å². The lowest BCUT2D eigenvalue weighted by Crippen LogP contribution is -2.37. The molecule has 0 bridgehead atoms. The number of hydrogen-bond acceptors (Lipinski definition) is 4. The quantitative estimate of drug-likeness (QED) is 0.840. The number of nitrogens with zero attached hydrogens (tertiary/aromatic N) is 1. The summed E-state index contributed by atoms with van der Waals surface area (Å²) < 4.78 is 53.6. The van der Waals surface area contributed by atoms with E-state index in [1.165, 1.54) is 12.1 Å². The number of alkyl halides is 2. The second-order valence-electron chi connectivity index (χ2n) is 3.87. The summed E-state index contributed by atoms with van der Waals surface area (Å²) >= 11 is 0. The lowest BCUT2D eigenvalue weighted by atomic mass is 10.2. The zero-order chi connectivity index (χ0) is 13.2. The predicted molar refractivity (Wildman–Crippen MR) is 62.7 cm³/mol. The molecule has 0 spiro atoms. The Hall–Kier alpha value is -1.21. The van der Waals surface area contributed by atoms with Gasteiger partial charge in [-0.05, 0) is 12.1 Å². The third-order valence-electron chi connectivity index (χ3n) is 2.76. The zero-order valence-corrected chi connectivity index (χ0v) is 10.4. The van der Waals surface area contributed by atoms with Crippen molar-refractivity contribution in [2.45, 2.75) is 10.7 Å². The summed E-state index contributed by atoms with van der Waals surface area (Å²) in [6, 6.07) is 5.83. The molecule has 0 N–H and O–H groups in total. The van der Waals surface area contributed by atoms with E-state index in [2.05, 4.69) is 0 Å². The molecule has 2 rings (SSSR count). The van der Waals surface area contributed by atoms with Gasteiger partial charge in [-0.1, -0.05) is 12.1 Å². The topological polar surface area (TPSA) is 46.6 Å². The van der Waals surface area contributed by atoms with E-state index in [0.717, 1.165) is 0 Å². The maximum atomic E-state index is 12.6. The van der Waals surface area contributed by atoms with Gasteiger partial charge in [-0.2, -0.15) is 8.78 Å². The first-order valence-corrected chi connectivity index (χ1v) is 7.02. The summed E-state index contributed by atoms with van der Waals surface area (Å²) in [4.78, 5) is 1.43. The molecule has 1 fully saturated rings. The minimum absolute atomic E-state index is 0.318. The van der Waals surface area contributed by atoms with E-state index in [-0.39, 0.29) is 4.90 Å². The molecule has 1 aromatic carbocycles. The van der Waals surface area contributed by atoms with Crippen molar-refractivity contribution < 1.29 is 21.9 Å². The van der Waals surface area contributed by atoms with Crippen molar-refractivity contribution in [3.05, 3.63) is 24.3 Å². The van der Waals surface area contributed by atoms with Crippen LogP contribution in [0.1, 0.15) is 0 Å². The summed E-state index contributed by atoms with van der Waals surface area (Å²) in [6.45, 7) is 1.91. The molecule has 1 heterocycles. The third-order valence-corrected chi connectivity index (χ3v) is 4.19. The summed E-state index contributed by atoms with van der Waals surface area (Å²) in [6.07, 6.45) is 0. The molecular formula is C11H13F2NO3S. The van der Waals surface area contributed by atoms with Crippen molar-refractivity contribution in [2.75, 3.05) is 31.2 Å². The lowest BCUT2D eigenvalue weighted by molar-refractivity contribution is 0.122. The van der Waals surface area contributed by atoms with E-state index in [1.54, 1.807) is 17.0 Å². The standard InChI is InChI=1S/C11H13F2NO3S/c12-11(13)18(15,16)10-4-2-1-3-9(10)14-5-7-17-8-6-14/h1-4,11H,5-8H2. The van der Waals surface area contributed by atoms with Crippen molar-refractivity contribution >= 4 is 15.5 Å². The van der Waals surface area contributed by atoms with E-state index in [4.69, 9.17) is 4.74 Å². The molecule has 100 valence electrons. The van der Waals surface area contributed by atoms with Crippen LogP contribution in [0.4, 0.5) is 14.5 Å². The fraction of sp³-hybridized carbons (Fsp3) is 0.455. The van der Waals surface area contributed by atoms with Crippen LogP contribution in [0.2, 0.25) is 0 Å². The molecule has 0 atom stereocenters. The van der Waals surface area contributed by atoms with Crippen LogP contribution in [0.5, 0.6) is 0 Å². The molecule has 0 unspecified atom stereocenters. The van der Waals surface area contributed by atoms with E-state index < -0.39 is 15.6 Å². The summed E-state index contributed by atoms with van der Waals surface area (Å²) in [5.41, 5.74) is 0.320. The van der Waals surface area contributed by atoms with Crippen LogP contribution in [0.3, 0.4) is 0 Å². The Labute approximate surface area is 104 Å². The smallest absolute Gasteiger partial charge is 0.341 e. The minimum Gasteiger partial charge on any atom is -0.378 e. The Balaban J connectivity index is 2.42. The number of rotatable bonds is 3. The molecule has 1 aromatic rings. The fourth-order valence-corrected chi connectivity index (χ4v) is 2.81. The Morgan fingerprint density at radius 3 is 2.39 bits per heavy atom. The second kappa shape index (κ2) is 5.19. The second-order valence-corrected chi connectivity index (χ2v) is 5.76. The molecule has 0 saturated carbocycles. The highest BCUT2D eigenvalue weighted by molar-refractivity contribution is 7.91. The van der Waals surface area contributed by atoms with Gasteiger partial charge in [0.05, 0.1) is 23.8 Å². The first-order chi connectivity index (χ1) is 8.53. The zero-order valence-electron chi connectivity index (χ0n) is 9.55. The average Bonchev–Trinajstić information content (AvgIpc) is 2.39. The minimum atomic E-state index is -4.57. The van der Waals surface area contributed by atoms with Gasteiger partial charge in [-0.3, -0.25) is 0 Å². The highest BCUT2D eigenvalue weighted by atomic mass is 32.2. The molecule has 1 aliphatic rings. The van der Waals surface area contributed by atoms with Gasteiger partial charge in [0.15, 0.2) is 0 Å². The summed E-state index contributed by atoms with van der Waals surface area (Å²) in [5, 5.41) is 0.